The van der Waals surface area contributed by atoms with Crippen molar-refractivity contribution in [1.82, 2.24) is 14.5 Å². The van der Waals surface area contributed by atoms with Crippen LogP contribution >= 0.6 is 0 Å². The minimum atomic E-state index is -0.235. The molecule has 34 heavy (non-hydrogen) atoms. The molecule has 0 radical (unpaired) electrons. The Balaban J connectivity index is 1.46. The van der Waals surface area contributed by atoms with Gasteiger partial charge in [0.05, 0.1) is 24.4 Å². The van der Waals surface area contributed by atoms with E-state index in [-0.39, 0.29) is 17.4 Å². The fourth-order valence-electron chi connectivity index (χ4n) is 4.76. The lowest BCUT2D eigenvalue weighted by atomic mass is 9.96. The van der Waals surface area contributed by atoms with E-state index in [0.717, 1.165) is 48.5 Å². The van der Waals surface area contributed by atoms with Crippen LogP contribution in [-0.2, 0) is 7.05 Å². The molecule has 0 bridgehead atoms. The number of aromatic nitrogens is 2. The lowest BCUT2D eigenvalue weighted by Gasteiger charge is -2.40. The number of methoxy groups -OCH3 is 1. The normalized spacial score (nSPS) is 15.4. The SMILES string of the molecule is COc1ccc2c(n1)c(N1CCN(C(c3ccccc3)c3ccc(F)cc3)CC1)cc(=O)n2C. The van der Waals surface area contributed by atoms with Crippen LogP contribution in [0.15, 0.2) is 77.6 Å². The summed E-state index contributed by atoms with van der Waals surface area (Å²) >= 11 is 0. The van der Waals surface area contributed by atoms with Crippen molar-refractivity contribution in [3.05, 3.63) is 100 Å². The number of ether oxygens (including phenoxy) is 1. The fourth-order valence-corrected chi connectivity index (χ4v) is 4.76. The Morgan fingerprint density at radius 3 is 2.26 bits per heavy atom. The van der Waals surface area contributed by atoms with Gasteiger partial charge < -0.3 is 14.2 Å². The van der Waals surface area contributed by atoms with Gasteiger partial charge in [0.1, 0.15) is 11.3 Å². The standard InChI is InChI=1S/C27H27FN4O2/c1-30-22-12-13-24(34-2)29-26(22)23(18-25(30)33)31-14-16-32(17-15-31)27(19-6-4-3-5-7-19)20-8-10-21(28)11-9-20/h3-13,18,27H,14-17H2,1-2H3. The topological polar surface area (TPSA) is 50.6 Å². The number of anilines is 1. The molecule has 0 amide bonds. The fraction of sp³-hybridized carbons (Fsp3) is 0.259. The van der Waals surface area contributed by atoms with Crippen molar-refractivity contribution in [1.29, 1.82) is 0 Å². The predicted molar refractivity (Wildman–Crippen MR) is 132 cm³/mol. The molecule has 2 aromatic heterocycles. The third-order valence-corrected chi connectivity index (χ3v) is 6.57. The molecule has 5 rings (SSSR count). The maximum atomic E-state index is 13.6. The molecule has 1 aliphatic heterocycles. The molecule has 0 N–H and O–H groups in total. The van der Waals surface area contributed by atoms with Crippen molar-refractivity contribution in [3.63, 3.8) is 0 Å². The number of hydrogen-bond donors (Lipinski definition) is 0. The number of fused-ring (bicyclic) bond motifs is 1. The van der Waals surface area contributed by atoms with Crippen molar-refractivity contribution >= 4 is 16.7 Å². The molecular weight excluding hydrogens is 431 g/mol. The Labute approximate surface area is 197 Å². The highest BCUT2D eigenvalue weighted by molar-refractivity contribution is 5.88. The van der Waals surface area contributed by atoms with Crippen LogP contribution in [0.1, 0.15) is 17.2 Å². The van der Waals surface area contributed by atoms with Gasteiger partial charge in [0.25, 0.3) is 5.56 Å². The van der Waals surface area contributed by atoms with Crippen LogP contribution in [0.2, 0.25) is 0 Å². The number of nitrogens with zero attached hydrogens (tertiary/aromatic N) is 4. The van der Waals surface area contributed by atoms with Gasteiger partial charge in [-0.3, -0.25) is 9.69 Å². The number of halogens is 1. The van der Waals surface area contributed by atoms with Crippen molar-refractivity contribution in [2.45, 2.75) is 6.04 Å². The number of pyridine rings is 2. The zero-order valence-electron chi connectivity index (χ0n) is 19.3. The number of hydrogen-bond acceptors (Lipinski definition) is 5. The number of aryl methyl sites for hydroxylation is 1. The quantitative estimate of drug-likeness (QED) is 0.453. The molecule has 1 atom stereocenters. The molecule has 1 aliphatic rings. The molecule has 2 aromatic carbocycles. The largest absolute Gasteiger partial charge is 0.481 e. The van der Waals surface area contributed by atoms with Crippen LogP contribution in [0.5, 0.6) is 5.88 Å². The number of benzene rings is 2. The highest BCUT2D eigenvalue weighted by Crippen LogP contribution is 2.32. The van der Waals surface area contributed by atoms with Crippen molar-refractivity contribution in [2.24, 2.45) is 7.05 Å². The molecule has 0 aliphatic carbocycles. The minimum Gasteiger partial charge on any atom is -0.481 e. The van der Waals surface area contributed by atoms with E-state index in [0.29, 0.717) is 5.88 Å². The lowest BCUT2D eigenvalue weighted by molar-refractivity contribution is 0.212. The monoisotopic (exact) mass is 458 g/mol. The first-order valence-corrected chi connectivity index (χ1v) is 11.4. The zero-order valence-corrected chi connectivity index (χ0v) is 19.3. The van der Waals surface area contributed by atoms with Gasteiger partial charge in [-0.2, -0.15) is 0 Å². The zero-order chi connectivity index (χ0) is 23.7. The van der Waals surface area contributed by atoms with Gasteiger partial charge in [0.15, 0.2) is 0 Å². The molecule has 1 saturated heterocycles. The first-order chi connectivity index (χ1) is 16.5. The van der Waals surface area contributed by atoms with E-state index in [4.69, 9.17) is 4.74 Å². The van der Waals surface area contributed by atoms with Gasteiger partial charge in [-0.05, 0) is 29.3 Å². The summed E-state index contributed by atoms with van der Waals surface area (Å²) in [5.41, 5.74) is 4.53. The van der Waals surface area contributed by atoms with Gasteiger partial charge in [-0.15, -0.1) is 0 Å². The molecule has 0 saturated carbocycles. The smallest absolute Gasteiger partial charge is 0.252 e. The molecule has 1 unspecified atom stereocenters. The van der Waals surface area contributed by atoms with E-state index >= 15 is 0 Å². The Morgan fingerprint density at radius 1 is 0.912 bits per heavy atom. The van der Waals surface area contributed by atoms with Gasteiger partial charge in [0, 0.05) is 45.4 Å². The highest BCUT2D eigenvalue weighted by Gasteiger charge is 2.28. The van der Waals surface area contributed by atoms with E-state index in [9.17, 15) is 9.18 Å². The predicted octanol–water partition coefficient (Wildman–Crippen LogP) is 3.99. The Kier molecular flexibility index (Phi) is 6.02. The van der Waals surface area contributed by atoms with Gasteiger partial charge in [-0.25, -0.2) is 9.37 Å². The molecular formula is C27H27FN4O2. The van der Waals surface area contributed by atoms with Crippen LogP contribution in [0.25, 0.3) is 11.0 Å². The number of rotatable bonds is 5. The van der Waals surface area contributed by atoms with Crippen molar-refractivity contribution in [2.75, 3.05) is 38.2 Å². The minimum absolute atomic E-state index is 0.0301. The van der Waals surface area contributed by atoms with Crippen LogP contribution in [0, 0.1) is 5.82 Å². The molecule has 0 spiro atoms. The summed E-state index contributed by atoms with van der Waals surface area (Å²) in [4.78, 5) is 21.9. The number of piperazine rings is 1. The molecule has 7 heteroatoms. The first kappa shape index (κ1) is 22.1. The van der Waals surface area contributed by atoms with Crippen LogP contribution in [0.3, 0.4) is 0 Å². The third kappa shape index (κ3) is 4.15. The molecule has 174 valence electrons. The summed E-state index contributed by atoms with van der Waals surface area (Å²) in [7, 11) is 3.35. The lowest BCUT2D eigenvalue weighted by Crippen LogP contribution is -2.48. The average molecular weight is 459 g/mol. The maximum Gasteiger partial charge on any atom is 0.252 e. The van der Waals surface area contributed by atoms with Gasteiger partial charge >= 0.3 is 0 Å². The summed E-state index contributed by atoms with van der Waals surface area (Å²) in [5.74, 6) is 0.285. The van der Waals surface area contributed by atoms with E-state index in [2.05, 4.69) is 26.9 Å². The summed E-state index contributed by atoms with van der Waals surface area (Å²) in [5, 5.41) is 0. The summed E-state index contributed by atoms with van der Waals surface area (Å²) < 4.78 is 20.6. The molecule has 1 fully saturated rings. The Bertz CT molecular complexity index is 1350. The summed E-state index contributed by atoms with van der Waals surface area (Å²) in [6.07, 6.45) is 0. The van der Waals surface area contributed by atoms with E-state index in [1.807, 2.05) is 36.4 Å². The second-order valence-corrected chi connectivity index (χ2v) is 8.54. The molecule has 4 aromatic rings. The van der Waals surface area contributed by atoms with E-state index in [1.165, 1.54) is 17.7 Å². The van der Waals surface area contributed by atoms with E-state index < -0.39 is 0 Å². The van der Waals surface area contributed by atoms with Crippen LogP contribution in [0.4, 0.5) is 10.1 Å². The average Bonchev–Trinajstić information content (AvgIpc) is 2.88. The first-order valence-electron chi connectivity index (χ1n) is 11.4. The Morgan fingerprint density at radius 2 is 1.59 bits per heavy atom. The van der Waals surface area contributed by atoms with Gasteiger partial charge in [-0.1, -0.05) is 42.5 Å². The van der Waals surface area contributed by atoms with Crippen molar-refractivity contribution in [3.8, 4) is 5.88 Å². The summed E-state index contributed by atoms with van der Waals surface area (Å²) in [6, 6.07) is 22.4. The molecule has 3 heterocycles. The van der Waals surface area contributed by atoms with Crippen LogP contribution < -0.4 is 15.2 Å². The maximum absolute atomic E-state index is 13.6. The highest BCUT2D eigenvalue weighted by atomic mass is 19.1. The van der Waals surface area contributed by atoms with Gasteiger partial charge in [0.2, 0.25) is 5.88 Å². The Hall–Kier alpha value is -3.71. The third-order valence-electron chi connectivity index (χ3n) is 6.57. The second kappa shape index (κ2) is 9.27. The molecule has 6 nitrogen and oxygen atoms in total. The van der Waals surface area contributed by atoms with Crippen molar-refractivity contribution < 1.29 is 9.13 Å². The second-order valence-electron chi connectivity index (χ2n) is 8.54. The van der Waals surface area contributed by atoms with E-state index in [1.54, 1.807) is 30.9 Å². The van der Waals surface area contributed by atoms with Crippen LogP contribution in [-0.4, -0.2) is 47.7 Å². The summed E-state index contributed by atoms with van der Waals surface area (Å²) in [6.45, 7) is 3.06.